The molecular formula is C18H24FN5O2. The van der Waals surface area contributed by atoms with Crippen molar-refractivity contribution in [3.63, 3.8) is 0 Å². The summed E-state index contributed by atoms with van der Waals surface area (Å²) in [5, 5.41) is 15.9. The van der Waals surface area contributed by atoms with Gasteiger partial charge in [0.05, 0.1) is 30.5 Å². The van der Waals surface area contributed by atoms with Gasteiger partial charge in [-0.25, -0.2) is 4.39 Å². The highest BCUT2D eigenvalue weighted by Gasteiger charge is 2.47. The van der Waals surface area contributed by atoms with Gasteiger partial charge >= 0.3 is 0 Å². The first kappa shape index (κ1) is 18.4. The van der Waals surface area contributed by atoms with E-state index < -0.39 is 11.6 Å². The molecule has 1 aromatic rings. The molecule has 0 unspecified atom stereocenters. The summed E-state index contributed by atoms with van der Waals surface area (Å²) in [6, 6.07) is 1.90. The van der Waals surface area contributed by atoms with Crippen LogP contribution in [0.15, 0.2) is 0 Å². The van der Waals surface area contributed by atoms with E-state index in [0.29, 0.717) is 32.4 Å². The smallest absolute Gasteiger partial charge is 0.260 e. The van der Waals surface area contributed by atoms with Crippen molar-refractivity contribution >= 4 is 11.8 Å². The first-order valence-corrected chi connectivity index (χ1v) is 9.07. The number of hydrogen-bond donors (Lipinski definition) is 1. The van der Waals surface area contributed by atoms with E-state index in [1.165, 1.54) is 0 Å². The highest BCUT2D eigenvalue weighted by Crippen LogP contribution is 2.38. The van der Waals surface area contributed by atoms with Crippen LogP contribution in [0.2, 0.25) is 0 Å². The van der Waals surface area contributed by atoms with Crippen molar-refractivity contribution in [3.8, 4) is 6.07 Å². The maximum Gasteiger partial charge on any atom is 0.260 e. The molecule has 1 aliphatic heterocycles. The van der Waals surface area contributed by atoms with Crippen LogP contribution in [0, 0.1) is 11.3 Å². The number of halogens is 1. The summed E-state index contributed by atoms with van der Waals surface area (Å²) in [5.74, 6) is -0.743. The van der Waals surface area contributed by atoms with Gasteiger partial charge in [0.25, 0.3) is 5.91 Å². The second-order valence-corrected chi connectivity index (χ2v) is 7.32. The molecule has 1 saturated carbocycles. The van der Waals surface area contributed by atoms with Gasteiger partial charge in [-0.15, -0.1) is 0 Å². The number of carbonyl (C=O) groups excluding carboxylic acids is 2. The predicted molar refractivity (Wildman–Crippen MR) is 91.5 cm³/mol. The molecule has 2 aliphatic rings. The zero-order chi connectivity index (χ0) is 18.9. The minimum Gasteiger partial charge on any atom is -0.349 e. The number of hydrogen-bond acceptors (Lipinski definition) is 4. The lowest BCUT2D eigenvalue weighted by Gasteiger charge is -2.38. The molecule has 2 amide bonds. The molecule has 7 nitrogen and oxygen atoms in total. The Balaban J connectivity index is 1.79. The number of fused-ring (bicyclic) bond motifs is 1. The van der Waals surface area contributed by atoms with E-state index in [-0.39, 0.29) is 24.9 Å². The number of aromatic nitrogens is 2. The van der Waals surface area contributed by atoms with Gasteiger partial charge < -0.3 is 10.2 Å². The summed E-state index contributed by atoms with van der Waals surface area (Å²) in [6.07, 6.45) is 1.79. The lowest BCUT2D eigenvalue weighted by Crippen LogP contribution is -2.51. The summed E-state index contributed by atoms with van der Waals surface area (Å²) < 4.78 is 16.4. The molecule has 0 saturated heterocycles. The van der Waals surface area contributed by atoms with Gasteiger partial charge in [0.1, 0.15) is 6.42 Å². The average Bonchev–Trinajstić information content (AvgIpc) is 2.95. The van der Waals surface area contributed by atoms with Crippen LogP contribution in [-0.2, 0) is 29.1 Å². The second kappa shape index (κ2) is 7.06. The molecule has 0 aromatic carbocycles. The summed E-state index contributed by atoms with van der Waals surface area (Å²) in [5.41, 5.74) is 0.994. The fraction of sp³-hybridized carbons (Fsp3) is 0.667. The molecule has 3 rings (SSSR count). The minimum atomic E-state index is -1.69. The van der Waals surface area contributed by atoms with E-state index in [9.17, 15) is 14.0 Å². The molecule has 1 fully saturated rings. The third kappa shape index (κ3) is 3.30. The van der Waals surface area contributed by atoms with Crippen LogP contribution in [0.25, 0.3) is 0 Å². The van der Waals surface area contributed by atoms with Crippen LogP contribution in [0.4, 0.5) is 4.39 Å². The summed E-state index contributed by atoms with van der Waals surface area (Å²) >= 11 is 0. The molecule has 0 bridgehead atoms. The Morgan fingerprint density at radius 1 is 1.42 bits per heavy atom. The van der Waals surface area contributed by atoms with E-state index >= 15 is 0 Å². The van der Waals surface area contributed by atoms with Crippen LogP contribution in [0.3, 0.4) is 0 Å². The van der Waals surface area contributed by atoms with Gasteiger partial charge in [0.15, 0.2) is 5.67 Å². The van der Waals surface area contributed by atoms with Gasteiger partial charge in [-0.05, 0) is 39.5 Å². The standard InChI is InChI=1S/C18H24FN5O2/c1-12(2)24-15-11-23(17(26)18(19)6-3-7-18)9-5-13(15)14(22-24)10-21-16(25)4-8-20/h12H,3-7,9-11H2,1-2H3,(H,21,25). The van der Waals surface area contributed by atoms with E-state index in [1.807, 2.05) is 24.6 Å². The number of rotatable bonds is 5. The molecule has 1 N–H and O–H groups in total. The van der Waals surface area contributed by atoms with Crippen molar-refractivity contribution < 1.29 is 14.0 Å². The molecule has 1 aliphatic carbocycles. The summed E-state index contributed by atoms with van der Waals surface area (Å²) in [4.78, 5) is 25.7. The second-order valence-electron chi connectivity index (χ2n) is 7.32. The number of nitrogens with one attached hydrogen (secondary N) is 1. The van der Waals surface area contributed by atoms with Crippen molar-refractivity contribution in [1.82, 2.24) is 20.0 Å². The molecule has 140 valence electrons. The topological polar surface area (TPSA) is 91.0 Å². The number of carbonyl (C=O) groups is 2. The van der Waals surface area contributed by atoms with Crippen LogP contribution < -0.4 is 5.32 Å². The van der Waals surface area contributed by atoms with Crippen molar-refractivity contribution in [2.45, 2.75) is 70.8 Å². The average molecular weight is 361 g/mol. The maximum absolute atomic E-state index is 14.5. The predicted octanol–water partition coefficient (Wildman–Crippen LogP) is 1.77. The molecule has 2 heterocycles. The van der Waals surface area contributed by atoms with Crippen molar-refractivity contribution in [2.24, 2.45) is 0 Å². The number of nitrogens with zero attached hydrogens (tertiary/aromatic N) is 4. The third-order valence-electron chi connectivity index (χ3n) is 5.17. The first-order valence-electron chi connectivity index (χ1n) is 9.07. The summed E-state index contributed by atoms with van der Waals surface area (Å²) in [7, 11) is 0. The number of nitriles is 1. The summed E-state index contributed by atoms with van der Waals surface area (Å²) in [6.45, 7) is 5.05. The van der Waals surface area contributed by atoms with Crippen molar-refractivity contribution in [1.29, 1.82) is 5.26 Å². The quantitative estimate of drug-likeness (QED) is 0.865. The Hall–Kier alpha value is -2.43. The van der Waals surface area contributed by atoms with Crippen LogP contribution >= 0.6 is 0 Å². The highest BCUT2D eigenvalue weighted by molar-refractivity contribution is 5.86. The SMILES string of the molecule is CC(C)n1nc(CNC(=O)CC#N)c2c1CN(C(=O)C1(F)CCC1)CC2. The molecular weight excluding hydrogens is 337 g/mol. The Labute approximate surface area is 152 Å². The Bertz CT molecular complexity index is 760. The monoisotopic (exact) mass is 361 g/mol. The van der Waals surface area contributed by atoms with E-state index in [4.69, 9.17) is 5.26 Å². The zero-order valence-corrected chi connectivity index (χ0v) is 15.2. The zero-order valence-electron chi connectivity index (χ0n) is 15.2. The molecule has 26 heavy (non-hydrogen) atoms. The van der Waals surface area contributed by atoms with Crippen LogP contribution in [0.1, 0.15) is 62.5 Å². The van der Waals surface area contributed by atoms with Gasteiger partial charge in [-0.2, -0.15) is 10.4 Å². The third-order valence-corrected chi connectivity index (χ3v) is 5.17. The fourth-order valence-corrected chi connectivity index (χ4v) is 3.56. The van der Waals surface area contributed by atoms with Crippen LogP contribution in [-0.4, -0.2) is 38.7 Å². The molecule has 8 heteroatoms. The van der Waals surface area contributed by atoms with Crippen molar-refractivity contribution in [3.05, 3.63) is 17.0 Å². The molecule has 0 spiro atoms. The lowest BCUT2D eigenvalue weighted by molar-refractivity contribution is -0.151. The number of alkyl halides is 1. The van der Waals surface area contributed by atoms with Gasteiger partial charge in [-0.1, -0.05) is 0 Å². The van der Waals surface area contributed by atoms with E-state index in [0.717, 1.165) is 23.4 Å². The Morgan fingerprint density at radius 3 is 2.73 bits per heavy atom. The molecule has 1 aromatic heterocycles. The van der Waals surface area contributed by atoms with Gasteiger partial charge in [0.2, 0.25) is 5.91 Å². The Kier molecular flexibility index (Phi) is 4.99. The van der Waals surface area contributed by atoms with E-state index in [1.54, 1.807) is 4.90 Å². The minimum absolute atomic E-state index is 0.0883. The maximum atomic E-state index is 14.5. The number of amides is 2. The lowest BCUT2D eigenvalue weighted by atomic mass is 9.80. The van der Waals surface area contributed by atoms with Crippen LogP contribution in [0.5, 0.6) is 0 Å². The first-order chi connectivity index (χ1) is 12.4. The molecule has 0 radical (unpaired) electrons. The normalized spacial score (nSPS) is 18.0. The Morgan fingerprint density at radius 2 is 2.15 bits per heavy atom. The van der Waals surface area contributed by atoms with Crippen molar-refractivity contribution in [2.75, 3.05) is 6.54 Å². The largest absolute Gasteiger partial charge is 0.349 e. The fourth-order valence-electron chi connectivity index (χ4n) is 3.56. The highest BCUT2D eigenvalue weighted by atomic mass is 19.1. The van der Waals surface area contributed by atoms with Gasteiger partial charge in [-0.3, -0.25) is 14.3 Å². The van der Waals surface area contributed by atoms with Gasteiger partial charge in [0, 0.05) is 18.2 Å². The molecule has 0 atom stereocenters. The van der Waals surface area contributed by atoms with E-state index in [2.05, 4.69) is 10.4 Å².